The van der Waals surface area contributed by atoms with Crippen molar-refractivity contribution in [2.75, 3.05) is 37.7 Å². The highest BCUT2D eigenvalue weighted by Crippen LogP contribution is 2.18. The van der Waals surface area contributed by atoms with Crippen LogP contribution in [0.2, 0.25) is 0 Å². The highest BCUT2D eigenvalue weighted by atomic mass is 16.5. The van der Waals surface area contributed by atoms with Gasteiger partial charge in [0, 0.05) is 25.3 Å². The van der Waals surface area contributed by atoms with Gasteiger partial charge in [-0.3, -0.25) is 0 Å². The van der Waals surface area contributed by atoms with Crippen molar-refractivity contribution in [2.45, 2.75) is 32.4 Å². The Balaban J connectivity index is 1.97. The fourth-order valence-corrected chi connectivity index (χ4v) is 2.36. The summed E-state index contributed by atoms with van der Waals surface area (Å²) in [5, 5.41) is 12.6. The summed E-state index contributed by atoms with van der Waals surface area (Å²) in [6.45, 7) is 7.57. The van der Waals surface area contributed by atoms with Gasteiger partial charge in [0.05, 0.1) is 19.3 Å². The number of ether oxygens (including phenoxy) is 1. The smallest absolute Gasteiger partial charge is 0.128 e. The van der Waals surface area contributed by atoms with Gasteiger partial charge in [0.2, 0.25) is 0 Å². The zero-order chi connectivity index (χ0) is 14.4. The summed E-state index contributed by atoms with van der Waals surface area (Å²) in [6.07, 6.45) is 2.97. The Morgan fingerprint density at radius 1 is 1.55 bits per heavy atom. The number of pyridine rings is 1. The SMILES string of the molecule is CCCNC(C)c1ccc(N2CCOC(CO)C2)nc1. The van der Waals surface area contributed by atoms with E-state index >= 15 is 0 Å². The topological polar surface area (TPSA) is 57.6 Å². The molecule has 1 fully saturated rings. The lowest BCUT2D eigenvalue weighted by Crippen LogP contribution is -2.44. The molecule has 0 spiro atoms. The maximum atomic E-state index is 9.17. The van der Waals surface area contributed by atoms with Gasteiger partial charge >= 0.3 is 0 Å². The summed E-state index contributed by atoms with van der Waals surface area (Å²) in [4.78, 5) is 6.71. The lowest BCUT2D eigenvalue weighted by Gasteiger charge is -2.33. The highest BCUT2D eigenvalue weighted by molar-refractivity contribution is 5.40. The van der Waals surface area contributed by atoms with Gasteiger partial charge in [-0.15, -0.1) is 0 Å². The fraction of sp³-hybridized carbons (Fsp3) is 0.667. The van der Waals surface area contributed by atoms with Crippen LogP contribution in [0.5, 0.6) is 0 Å². The van der Waals surface area contributed by atoms with Crippen LogP contribution in [0.4, 0.5) is 5.82 Å². The average Bonchev–Trinajstić information content (AvgIpc) is 2.52. The van der Waals surface area contributed by atoms with Gasteiger partial charge in [-0.25, -0.2) is 4.98 Å². The number of aliphatic hydroxyl groups is 1. The second kappa shape index (κ2) is 7.57. The Hall–Kier alpha value is -1.17. The largest absolute Gasteiger partial charge is 0.394 e. The number of aliphatic hydroxyl groups excluding tert-OH is 1. The molecule has 1 aromatic heterocycles. The minimum atomic E-state index is -0.102. The average molecular weight is 279 g/mol. The minimum absolute atomic E-state index is 0.0621. The zero-order valence-electron chi connectivity index (χ0n) is 12.4. The Labute approximate surface area is 121 Å². The monoisotopic (exact) mass is 279 g/mol. The van der Waals surface area contributed by atoms with Crippen LogP contribution in [0.3, 0.4) is 0 Å². The third-order valence-corrected chi connectivity index (χ3v) is 3.64. The van der Waals surface area contributed by atoms with Crippen LogP contribution in [0.25, 0.3) is 0 Å². The molecule has 1 aliphatic rings. The molecule has 2 atom stereocenters. The molecular weight excluding hydrogens is 254 g/mol. The van der Waals surface area contributed by atoms with E-state index < -0.39 is 0 Å². The molecular formula is C15H25N3O2. The Morgan fingerprint density at radius 3 is 3.05 bits per heavy atom. The number of hydrogen-bond acceptors (Lipinski definition) is 5. The van der Waals surface area contributed by atoms with Crippen molar-refractivity contribution in [3.8, 4) is 0 Å². The van der Waals surface area contributed by atoms with E-state index in [0.717, 1.165) is 25.3 Å². The molecule has 0 amide bonds. The Morgan fingerprint density at radius 2 is 2.40 bits per heavy atom. The van der Waals surface area contributed by atoms with E-state index in [0.29, 0.717) is 19.2 Å². The van der Waals surface area contributed by atoms with Gasteiger partial charge in [-0.05, 0) is 31.5 Å². The number of morpholine rings is 1. The molecule has 0 radical (unpaired) electrons. The number of nitrogens with one attached hydrogen (secondary N) is 1. The maximum Gasteiger partial charge on any atom is 0.128 e. The van der Waals surface area contributed by atoms with Gasteiger partial charge in [0.15, 0.2) is 0 Å². The van der Waals surface area contributed by atoms with Gasteiger partial charge in [-0.2, -0.15) is 0 Å². The standard InChI is InChI=1S/C15H25N3O2/c1-3-6-16-12(2)13-4-5-15(17-9-13)18-7-8-20-14(10-18)11-19/h4-5,9,12,14,16,19H,3,6-8,10-11H2,1-2H3. The van der Waals surface area contributed by atoms with E-state index in [2.05, 4.69) is 41.2 Å². The molecule has 112 valence electrons. The molecule has 0 aromatic carbocycles. The van der Waals surface area contributed by atoms with Crippen LogP contribution in [-0.4, -0.2) is 49.0 Å². The number of anilines is 1. The van der Waals surface area contributed by atoms with E-state index in [1.54, 1.807) is 0 Å². The molecule has 2 N–H and O–H groups in total. The second-order valence-corrected chi connectivity index (χ2v) is 5.25. The molecule has 2 heterocycles. The lowest BCUT2D eigenvalue weighted by atomic mass is 10.1. The second-order valence-electron chi connectivity index (χ2n) is 5.25. The van der Waals surface area contributed by atoms with Gasteiger partial charge in [-0.1, -0.05) is 13.0 Å². The summed E-state index contributed by atoms with van der Waals surface area (Å²) >= 11 is 0. The van der Waals surface area contributed by atoms with Crippen molar-refractivity contribution in [3.63, 3.8) is 0 Å². The quantitative estimate of drug-likeness (QED) is 0.823. The van der Waals surface area contributed by atoms with Crippen molar-refractivity contribution in [2.24, 2.45) is 0 Å². The van der Waals surface area contributed by atoms with E-state index in [-0.39, 0.29) is 12.7 Å². The van der Waals surface area contributed by atoms with Gasteiger partial charge in [0.25, 0.3) is 0 Å². The van der Waals surface area contributed by atoms with Crippen LogP contribution < -0.4 is 10.2 Å². The van der Waals surface area contributed by atoms with Crippen molar-refractivity contribution in [3.05, 3.63) is 23.9 Å². The molecule has 20 heavy (non-hydrogen) atoms. The van der Waals surface area contributed by atoms with Crippen LogP contribution in [-0.2, 0) is 4.74 Å². The molecule has 2 rings (SSSR count). The molecule has 0 bridgehead atoms. The van der Waals surface area contributed by atoms with E-state index in [1.807, 2.05) is 6.20 Å². The summed E-state index contributed by atoms with van der Waals surface area (Å²) in [5.74, 6) is 0.957. The number of nitrogens with zero attached hydrogens (tertiary/aromatic N) is 2. The fourth-order valence-electron chi connectivity index (χ4n) is 2.36. The Bertz CT molecular complexity index is 397. The van der Waals surface area contributed by atoms with Crippen LogP contribution in [0, 0.1) is 0 Å². The van der Waals surface area contributed by atoms with E-state index in [9.17, 15) is 5.11 Å². The molecule has 5 nitrogen and oxygen atoms in total. The van der Waals surface area contributed by atoms with Crippen molar-refractivity contribution in [1.82, 2.24) is 10.3 Å². The first kappa shape index (κ1) is 15.2. The number of hydrogen-bond donors (Lipinski definition) is 2. The van der Waals surface area contributed by atoms with Crippen molar-refractivity contribution >= 4 is 5.82 Å². The molecule has 1 saturated heterocycles. The van der Waals surface area contributed by atoms with Gasteiger partial charge in [0.1, 0.15) is 5.82 Å². The molecule has 0 saturated carbocycles. The molecule has 2 unspecified atom stereocenters. The van der Waals surface area contributed by atoms with Crippen LogP contribution in [0.1, 0.15) is 31.9 Å². The lowest BCUT2D eigenvalue weighted by molar-refractivity contribution is 0.00336. The van der Waals surface area contributed by atoms with Crippen molar-refractivity contribution < 1.29 is 9.84 Å². The number of rotatable bonds is 6. The predicted octanol–water partition coefficient (Wildman–Crippen LogP) is 1.34. The summed E-state index contributed by atoms with van der Waals surface area (Å²) in [7, 11) is 0. The summed E-state index contributed by atoms with van der Waals surface area (Å²) < 4.78 is 5.46. The first-order valence-electron chi connectivity index (χ1n) is 7.41. The molecule has 5 heteroatoms. The minimum Gasteiger partial charge on any atom is -0.394 e. The molecule has 0 aliphatic carbocycles. The van der Waals surface area contributed by atoms with E-state index in [4.69, 9.17) is 4.74 Å². The molecule has 1 aliphatic heterocycles. The zero-order valence-corrected chi connectivity index (χ0v) is 12.4. The summed E-state index contributed by atoms with van der Waals surface area (Å²) in [6, 6.07) is 4.50. The maximum absolute atomic E-state index is 9.17. The third kappa shape index (κ3) is 3.91. The summed E-state index contributed by atoms with van der Waals surface area (Å²) in [5.41, 5.74) is 1.20. The van der Waals surface area contributed by atoms with Crippen molar-refractivity contribution in [1.29, 1.82) is 0 Å². The first-order valence-corrected chi connectivity index (χ1v) is 7.41. The van der Waals surface area contributed by atoms with Crippen LogP contribution in [0.15, 0.2) is 18.3 Å². The first-order chi connectivity index (χ1) is 9.74. The number of aromatic nitrogens is 1. The van der Waals surface area contributed by atoms with Gasteiger partial charge < -0.3 is 20.1 Å². The highest BCUT2D eigenvalue weighted by Gasteiger charge is 2.20. The van der Waals surface area contributed by atoms with Crippen LogP contribution >= 0.6 is 0 Å². The Kier molecular flexibility index (Phi) is 5.76. The van der Waals surface area contributed by atoms with E-state index in [1.165, 1.54) is 5.56 Å². The molecule has 1 aromatic rings. The predicted molar refractivity (Wildman–Crippen MR) is 80.0 cm³/mol. The normalized spacial score (nSPS) is 20.9. The third-order valence-electron chi connectivity index (χ3n) is 3.64.